The van der Waals surface area contributed by atoms with E-state index in [1.807, 2.05) is 84.9 Å². The Balaban J connectivity index is 1.56. The molecular weight excluding hydrogens is 432 g/mol. The van der Waals surface area contributed by atoms with Crippen molar-refractivity contribution >= 4 is 34.6 Å². The normalized spacial score (nSPS) is 15.8. The highest BCUT2D eigenvalue weighted by Crippen LogP contribution is 2.36. The summed E-state index contributed by atoms with van der Waals surface area (Å²) < 4.78 is 11.5. The van der Waals surface area contributed by atoms with Crippen molar-refractivity contribution in [2.45, 2.75) is 6.61 Å². The zero-order valence-electron chi connectivity index (χ0n) is 18.3. The number of aliphatic imine (C=N–C) groups is 1. The van der Waals surface area contributed by atoms with Gasteiger partial charge in [0, 0.05) is 6.54 Å². The number of thioether (sulfide) groups is 1. The first-order valence-corrected chi connectivity index (χ1v) is 11.3. The van der Waals surface area contributed by atoms with Gasteiger partial charge in [-0.1, -0.05) is 60.7 Å². The second kappa shape index (κ2) is 10.7. The molecule has 0 bridgehead atoms. The van der Waals surface area contributed by atoms with Gasteiger partial charge in [0.05, 0.1) is 17.7 Å². The molecule has 0 atom stereocenters. The molecule has 1 aliphatic heterocycles. The predicted molar refractivity (Wildman–Crippen MR) is 135 cm³/mol. The second-order valence-electron chi connectivity index (χ2n) is 7.23. The zero-order chi connectivity index (χ0) is 23.0. The summed E-state index contributed by atoms with van der Waals surface area (Å²) in [5.74, 6) is 1.16. The number of ether oxygens (including phenoxy) is 2. The number of amidine groups is 1. The van der Waals surface area contributed by atoms with Crippen LogP contribution in [0, 0.1) is 0 Å². The fourth-order valence-electron chi connectivity index (χ4n) is 3.27. The van der Waals surface area contributed by atoms with Gasteiger partial charge in [0.1, 0.15) is 6.61 Å². The standard InChI is InChI=1S/C27H24N2O3S/c1-3-16-29-26(30)25(33-27(29)28-22-12-8-5-9-13-22)18-21-14-15-23(24(17-21)31-2)32-19-20-10-6-4-7-11-20/h3-15,17-18H,1,16,19H2,2H3/b25-18+,28-27?. The minimum atomic E-state index is -0.0991. The molecule has 0 N–H and O–H groups in total. The molecule has 1 amide bonds. The third-order valence-corrected chi connectivity index (χ3v) is 5.91. The maximum absolute atomic E-state index is 13.0. The fraction of sp³-hybridized carbons (Fsp3) is 0.111. The third-order valence-electron chi connectivity index (χ3n) is 4.90. The van der Waals surface area contributed by atoms with Gasteiger partial charge < -0.3 is 9.47 Å². The first-order valence-electron chi connectivity index (χ1n) is 10.5. The summed E-state index contributed by atoms with van der Waals surface area (Å²) in [6.45, 7) is 4.61. The Morgan fingerprint density at radius 1 is 1.00 bits per heavy atom. The molecule has 5 nitrogen and oxygen atoms in total. The highest BCUT2D eigenvalue weighted by Gasteiger charge is 2.32. The Morgan fingerprint density at radius 3 is 2.42 bits per heavy atom. The Bertz CT molecular complexity index is 1190. The van der Waals surface area contributed by atoms with Gasteiger partial charge in [-0.15, -0.1) is 6.58 Å². The van der Waals surface area contributed by atoms with Crippen molar-refractivity contribution in [3.05, 3.63) is 108 Å². The molecule has 1 aliphatic rings. The van der Waals surface area contributed by atoms with E-state index in [4.69, 9.17) is 9.47 Å². The Morgan fingerprint density at radius 2 is 1.73 bits per heavy atom. The predicted octanol–water partition coefficient (Wildman–Crippen LogP) is 6.06. The van der Waals surface area contributed by atoms with Crippen molar-refractivity contribution in [1.82, 2.24) is 4.90 Å². The van der Waals surface area contributed by atoms with Gasteiger partial charge in [0.25, 0.3) is 5.91 Å². The van der Waals surface area contributed by atoms with Gasteiger partial charge in [-0.25, -0.2) is 4.99 Å². The van der Waals surface area contributed by atoms with E-state index in [0.717, 1.165) is 16.8 Å². The van der Waals surface area contributed by atoms with Crippen LogP contribution in [0.2, 0.25) is 0 Å². The third kappa shape index (κ3) is 5.54. The van der Waals surface area contributed by atoms with Crippen LogP contribution in [0.4, 0.5) is 5.69 Å². The lowest BCUT2D eigenvalue weighted by Gasteiger charge is -2.12. The highest BCUT2D eigenvalue weighted by molar-refractivity contribution is 8.18. The number of nitrogens with zero attached hydrogens (tertiary/aromatic N) is 2. The molecule has 0 unspecified atom stereocenters. The van der Waals surface area contributed by atoms with Gasteiger partial charge in [-0.05, 0) is 53.2 Å². The number of rotatable bonds is 8. The molecule has 0 aliphatic carbocycles. The van der Waals surface area contributed by atoms with E-state index in [1.54, 1.807) is 18.1 Å². The minimum absolute atomic E-state index is 0.0991. The van der Waals surface area contributed by atoms with Gasteiger partial charge in [-0.3, -0.25) is 9.69 Å². The van der Waals surface area contributed by atoms with E-state index < -0.39 is 0 Å². The van der Waals surface area contributed by atoms with Gasteiger partial charge >= 0.3 is 0 Å². The molecule has 0 spiro atoms. The molecular formula is C27H24N2O3S. The Hall–Kier alpha value is -3.77. The molecule has 3 aromatic rings. The molecule has 0 aromatic heterocycles. The number of amides is 1. The van der Waals surface area contributed by atoms with Gasteiger partial charge in [-0.2, -0.15) is 0 Å². The lowest BCUT2D eigenvalue weighted by Crippen LogP contribution is -2.29. The molecule has 0 saturated carbocycles. The molecule has 0 radical (unpaired) electrons. The van der Waals surface area contributed by atoms with E-state index in [9.17, 15) is 4.79 Å². The van der Waals surface area contributed by atoms with Crippen molar-refractivity contribution < 1.29 is 14.3 Å². The molecule has 166 valence electrons. The van der Waals surface area contributed by atoms with Crippen LogP contribution >= 0.6 is 11.8 Å². The SMILES string of the molecule is C=CCN1C(=O)/C(=C\c2ccc(OCc3ccccc3)c(OC)c2)SC1=Nc1ccccc1. The van der Waals surface area contributed by atoms with Crippen LogP contribution in [-0.4, -0.2) is 29.6 Å². The van der Waals surface area contributed by atoms with Crippen molar-refractivity contribution in [2.24, 2.45) is 4.99 Å². The molecule has 1 heterocycles. The number of para-hydroxylation sites is 1. The number of carbonyl (C=O) groups excluding carboxylic acids is 1. The minimum Gasteiger partial charge on any atom is -0.493 e. The van der Waals surface area contributed by atoms with Gasteiger partial charge in [0.2, 0.25) is 0 Å². The first kappa shape index (κ1) is 22.4. The lowest BCUT2D eigenvalue weighted by atomic mass is 10.1. The number of hydrogen-bond donors (Lipinski definition) is 0. The Labute approximate surface area is 198 Å². The molecule has 3 aromatic carbocycles. The maximum atomic E-state index is 13.0. The lowest BCUT2D eigenvalue weighted by molar-refractivity contribution is -0.121. The van der Waals surface area contributed by atoms with Crippen LogP contribution < -0.4 is 9.47 Å². The van der Waals surface area contributed by atoms with E-state index in [-0.39, 0.29) is 5.91 Å². The number of hydrogen-bond acceptors (Lipinski definition) is 5. The van der Waals surface area contributed by atoms with Crippen molar-refractivity contribution in [1.29, 1.82) is 0 Å². The monoisotopic (exact) mass is 456 g/mol. The van der Waals surface area contributed by atoms with Crippen molar-refractivity contribution in [2.75, 3.05) is 13.7 Å². The average molecular weight is 457 g/mol. The zero-order valence-corrected chi connectivity index (χ0v) is 19.1. The van der Waals surface area contributed by atoms with Crippen LogP contribution in [0.3, 0.4) is 0 Å². The summed E-state index contributed by atoms with van der Waals surface area (Å²) in [6.07, 6.45) is 3.55. The quantitative estimate of drug-likeness (QED) is 0.305. The molecule has 1 fully saturated rings. The van der Waals surface area contributed by atoms with E-state index in [1.165, 1.54) is 11.8 Å². The van der Waals surface area contributed by atoms with Crippen molar-refractivity contribution in [3.8, 4) is 11.5 Å². The number of benzene rings is 3. The molecule has 6 heteroatoms. The fourth-order valence-corrected chi connectivity index (χ4v) is 4.28. The van der Waals surface area contributed by atoms with Crippen LogP contribution in [0.5, 0.6) is 11.5 Å². The summed E-state index contributed by atoms with van der Waals surface area (Å²) in [5, 5.41) is 0.632. The molecule has 4 rings (SSSR count). The molecule has 1 saturated heterocycles. The van der Waals surface area contributed by atoms with Crippen molar-refractivity contribution in [3.63, 3.8) is 0 Å². The first-order chi connectivity index (χ1) is 16.2. The Kier molecular flexibility index (Phi) is 7.27. The summed E-state index contributed by atoms with van der Waals surface area (Å²) in [6, 6.07) is 25.2. The smallest absolute Gasteiger partial charge is 0.267 e. The second-order valence-corrected chi connectivity index (χ2v) is 8.24. The number of methoxy groups -OCH3 is 1. The average Bonchev–Trinajstić information content (AvgIpc) is 3.13. The van der Waals surface area contributed by atoms with Gasteiger partial charge in [0.15, 0.2) is 16.7 Å². The number of carbonyl (C=O) groups is 1. The van der Waals surface area contributed by atoms with Crippen LogP contribution in [0.15, 0.2) is 101 Å². The highest BCUT2D eigenvalue weighted by atomic mass is 32.2. The van der Waals surface area contributed by atoms with Crippen LogP contribution in [0.1, 0.15) is 11.1 Å². The van der Waals surface area contributed by atoms with E-state index >= 15 is 0 Å². The molecule has 33 heavy (non-hydrogen) atoms. The van der Waals surface area contributed by atoms with Crippen LogP contribution in [0.25, 0.3) is 6.08 Å². The topological polar surface area (TPSA) is 51.1 Å². The van der Waals surface area contributed by atoms with E-state index in [0.29, 0.717) is 34.7 Å². The summed E-state index contributed by atoms with van der Waals surface area (Å²) >= 11 is 1.35. The largest absolute Gasteiger partial charge is 0.493 e. The summed E-state index contributed by atoms with van der Waals surface area (Å²) in [4.78, 5) is 19.9. The van der Waals surface area contributed by atoms with Crippen LogP contribution in [-0.2, 0) is 11.4 Å². The summed E-state index contributed by atoms with van der Waals surface area (Å²) in [7, 11) is 1.60. The summed E-state index contributed by atoms with van der Waals surface area (Å²) in [5.41, 5.74) is 2.71. The maximum Gasteiger partial charge on any atom is 0.267 e. The van der Waals surface area contributed by atoms with E-state index in [2.05, 4.69) is 11.6 Å².